The number of furan rings is 1. The number of amides is 2. The van der Waals surface area contributed by atoms with E-state index in [2.05, 4.69) is 5.32 Å². The maximum absolute atomic E-state index is 13.1. The van der Waals surface area contributed by atoms with Crippen molar-refractivity contribution >= 4 is 17.8 Å². The number of carbonyl (C=O) groups excluding carboxylic acids is 3. The van der Waals surface area contributed by atoms with Gasteiger partial charge in [-0.25, -0.2) is 4.79 Å². The van der Waals surface area contributed by atoms with Crippen LogP contribution >= 0.6 is 0 Å². The van der Waals surface area contributed by atoms with Crippen molar-refractivity contribution in [2.45, 2.75) is 59.5 Å². The van der Waals surface area contributed by atoms with Crippen LogP contribution in [-0.4, -0.2) is 35.3 Å². The van der Waals surface area contributed by atoms with Crippen molar-refractivity contribution in [1.82, 2.24) is 10.2 Å². The first-order valence-corrected chi connectivity index (χ1v) is 11.4. The van der Waals surface area contributed by atoms with Crippen LogP contribution in [0.15, 0.2) is 58.2 Å². The van der Waals surface area contributed by atoms with E-state index in [1.807, 2.05) is 51.1 Å². The van der Waals surface area contributed by atoms with Crippen molar-refractivity contribution in [2.75, 3.05) is 6.61 Å². The van der Waals surface area contributed by atoms with Crippen molar-refractivity contribution in [1.29, 1.82) is 0 Å². The van der Waals surface area contributed by atoms with Crippen LogP contribution < -0.4 is 5.32 Å². The molecule has 2 amide bonds. The molecule has 2 aromatic rings. The molecule has 0 spiro atoms. The topological polar surface area (TPSA) is 88.8 Å². The molecule has 0 aliphatic carbocycles. The Morgan fingerprint density at radius 1 is 1.15 bits per heavy atom. The second kappa shape index (κ2) is 10.5. The minimum absolute atomic E-state index is 0.00181. The molecule has 2 unspecified atom stereocenters. The van der Waals surface area contributed by atoms with Gasteiger partial charge in [-0.2, -0.15) is 0 Å². The molecule has 2 heterocycles. The summed E-state index contributed by atoms with van der Waals surface area (Å²) in [6, 6.07) is 12.8. The standard InChI is InChI=1S/C26H32N2O5/c1-6-32-26(31)24-18(5)28(23(29)14-21(24)19-10-8-7-9-11-19)15-20-12-13-22(33-20)25(30)27-17(4)16(2)3/h7-13,16-17,21H,6,14-15H2,1-5H3,(H,27,30). The van der Waals surface area contributed by atoms with E-state index in [4.69, 9.17) is 9.15 Å². The average molecular weight is 453 g/mol. The quantitative estimate of drug-likeness (QED) is 0.600. The van der Waals surface area contributed by atoms with Crippen molar-refractivity contribution in [3.63, 3.8) is 0 Å². The summed E-state index contributed by atoms with van der Waals surface area (Å²) in [4.78, 5) is 39.9. The molecule has 7 heteroatoms. The van der Waals surface area contributed by atoms with Crippen LogP contribution in [0.25, 0.3) is 0 Å². The number of allylic oxidation sites excluding steroid dienone is 1. The van der Waals surface area contributed by atoms with Crippen LogP contribution in [-0.2, 0) is 20.9 Å². The summed E-state index contributed by atoms with van der Waals surface area (Å²) in [6.07, 6.45) is 0.148. The van der Waals surface area contributed by atoms with Crippen LogP contribution in [0.4, 0.5) is 0 Å². The van der Waals surface area contributed by atoms with E-state index in [-0.39, 0.29) is 49.1 Å². The number of hydrogen-bond donors (Lipinski definition) is 1. The highest BCUT2D eigenvalue weighted by Crippen LogP contribution is 2.37. The number of rotatable bonds is 8. The molecule has 0 bridgehead atoms. The maximum atomic E-state index is 13.1. The van der Waals surface area contributed by atoms with E-state index in [0.29, 0.717) is 22.9 Å². The second-order valence-corrected chi connectivity index (χ2v) is 8.64. The normalized spacial score (nSPS) is 17.3. The van der Waals surface area contributed by atoms with Gasteiger partial charge in [0.1, 0.15) is 5.76 Å². The highest BCUT2D eigenvalue weighted by Gasteiger charge is 2.37. The van der Waals surface area contributed by atoms with E-state index in [1.165, 1.54) is 4.90 Å². The van der Waals surface area contributed by atoms with Crippen LogP contribution in [0, 0.1) is 5.92 Å². The Kier molecular flexibility index (Phi) is 7.74. The Bertz CT molecular complexity index is 1040. The Hall–Kier alpha value is -3.35. The van der Waals surface area contributed by atoms with Crippen LogP contribution in [0.3, 0.4) is 0 Å². The van der Waals surface area contributed by atoms with Gasteiger partial charge >= 0.3 is 5.97 Å². The van der Waals surface area contributed by atoms with Crippen molar-refractivity contribution in [3.05, 3.63) is 70.8 Å². The van der Waals surface area contributed by atoms with Gasteiger partial charge < -0.3 is 19.4 Å². The van der Waals surface area contributed by atoms with E-state index >= 15 is 0 Å². The summed E-state index contributed by atoms with van der Waals surface area (Å²) in [5.74, 6) is -0.266. The zero-order chi connectivity index (χ0) is 24.1. The number of nitrogens with zero attached hydrogens (tertiary/aromatic N) is 1. The van der Waals surface area contributed by atoms with Gasteiger partial charge in [0.15, 0.2) is 5.76 Å². The van der Waals surface area contributed by atoms with Crippen LogP contribution in [0.2, 0.25) is 0 Å². The smallest absolute Gasteiger partial charge is 0.336 e. The van der Waals surface area contributed by atoms with Crippen LogP contribution in [0.5, 0.6) is 0 Å². The van der Waals surface area contributed by atoms with Gasteiger partial charge in [0.05, 0.1) is 18.7 Å². The summed E-state index contributed by atoms with van der Waals surface area (Å²) in [5.41, 5.74) is 1.90. The van der Waals surface area contributed by atoms with Crippen LogP contribution in [0.1, 0.15) is 68.8 Å². The van der Waals surface area contributed by atoms with E-state index in [0.717, 1.165) is 5.56 Å². The third kappa shape index (κ3) is 5.53. The average Bonchev–Trinajstić information content (AvgIpc) is 3.25. The van der Waals surface area contributed by atoms with Crippen molar-refractivity contribution in [3.8, 4) is 0 Å². The van der Waals surface area contributed by atoms with Crippen molar-refractivity contribution < 1.29 is 23.5 Å². The summed E-state index contributed by atoms with van der Waals surface area (Å²) >= 11 is 0. The zero-order valence-corrected chi connectivity index (χ0v) is 19.9. The van der Waals surface area contributed by atoms with Gasteiger partial charge in [-0.3, -0.25) is 9.59 Å². The molecule has 1 N–H and O–H groups in total. The summed E-state index contributed by atoms with van der Waals surface area (Å²) in [6.45, 7) is 9.87. The molecule has 0 fully saturated rings. The molecule has 1 aromatic carbocycles. The Morgan fingerprint density at radius 2 is 1.85 bits per heavy atom. The SMILES string of the molecule is CCOC(=O)C1=C(C)N(Cc2ccc(C(=O)NC(C)C(C)C)o2)C(=O)CC1c1ccccc1. The first-order valence-electron chi connectivity index (χ1n) is 11.4. The monoisotopic (exact) mass is 452 g/mol. The number of carbonyl (C=O) groups is 3. The Morgan fingerprint density at radius 3 is 2.48 bits per heavy atom. The molecule has 7 nitrogen and oxygen atoms in total. The summed E-state index contributed by atoms with van der Waals surface area (Å²) in [5, 5.41) is 2.91. The van der Waals surface area contributed by atoms with Gasteiger partial charge in [0, 0.05) is 24.1 Å². The fourth-order valence-electron chi connectivity index (χ4n) is 3.83. The molecule has 1 aliphatic rings. The molecule has 3 rings (SSSR count). The molecular formula is C26H32N2O5. The highest BCUT2D eigenvalue weighted by atomic mass is 16.5. The van der Waals surface area contributed by atoms with Gasteiger partial charge in [-0.15, -0.1) is 0 Å². The number of hydrogen-bond acceptors (Lipinski definition) is 5. The predicted molar refractivity (Wildman–Crippen MR) is 124 cm³/mol. The molecule has 1 aromatic heterocycles. The third-order valence-electron chi connectivity index (χ3n) is 6.08. The summed E-state index contributed by atoms with van der Waals surface area (Å²) in [7, 11) is 0. The van der Waals surface area contributed by atoms with Gasteiger partial charge in [0.25, 0.3) is 5.91 Å². The fraction of sp³-hybridized carbons (Fsp3) is 0.423. The lowest BCUT2D eigenvalue weighted by Gasteiger charge is -2.34. The van der Waals surface area contributed by atoms with E-state index in [9.17, 15) is 14.4 Å². The minimum atomic E-state index is -0.427. The van der Waals surface area contributed by atoms with Crippen molar-refractivity contribution in [2.24, 2.45) is 5.92 Å². The predicted octanol–water partition coefficient (Wildman–Crippen LogP) is 4.41. The number of benzene rings is 1. The van der Waals surface area contributed by atoms with Gasteiger partial charge in [-0.05, 0) is 44.4 Å². The molecule has 0 radical (unpaired) electrons. The Balaban J connectivity index is 1.87. The molecule has 0 saturated carbocycles. The fourth-order valence-corrected chi connectivity index (χ4v) is 3.83. The maximum Gasteiger partial charge on any atom is 0.336 e. The molecule has 0 saturated heterocycles. The van der Waals surface area contributed by atoms with Gasteiger partial charge in [-0.1, -0.05) is 44.2 Å². The molecule has 1 aliphatic heterocycles. The highest BCUT2D eigenvalue weighted by molar-refractivity contribution is 5.96. The number of nitrogens with one attached hydrogen (secondary N) is 1. The third-order valence-corrected chi connectivity index (χ3v) is 6.08. The first kappa shape index (κ1) is 24.3. The number of ether oxygens (including phenoxy) is 1. The van der Waals surface area contributed by atoms with E-state index in [1.54, 1.807) is 26.0 Å². The van der Waals surface area contributed by atoms with Gasteiger partial charge in [0.2, 0.25) is 5.91 Å². The molecule has 33 heavy (non-hydrogen) atoms. The largest absolute Gasteiger partial charge is 0.463 e. The molecule has 176 valence electrons. The minimum Gasteiger partial charge on any atom is -0.463 e. The number of esters is 1. The first-order chi connectivity index (χ1) is 15.7. The lowest BCUT2D eigenvalue weighted by atomic mass is 9.83. The Labute approximate surface area is 194 Å². The zero-order valence-electron chi connectivity index (χ0n) is 19.9. The van der Waals surface area contributed by atoms with E-state index < -0.39 is 5.97 Å². The molecule has 2 atom stereocenters. The molecular weight excluding hydrogens is 420 g/mol. The summed E-state index contributed by atoms with van der Waals surface area (Å²) < 4.78 is 11.1. The lowest BCUT2D eigenvalue weighted by molar-refractivity contribution is -0.140. The lowest BCUT2D eigenvalue weighted by Crippen LogP contribution is -2.38. The second-order valence-electron chi connectivity index (χ2n) is 8.64.